The van der Waals surface area contributed by atoms with Gasteiger partial charge in [0.05, 0.1) is 17.8 Å². The average molecular weight is 230 g/mol. The number of hydrogen-bond acceptors (Lipinski definition) is 3. The lowest BCUT2D eigenvalue weighted by Crippen LogP contribution is -2.14. The lowest BCUT2D eigenvalue weighted by molar-refractivity contribution is 0.250. The topological polar surface area (TPSA) is 22.1 Å². The minimum Gasteiger partial charge on any atom is -0.491 e. The highest BCUT2D eigenvalue weighted by molar-refractivity contribution is 7.80. The maximum atomic E-state index is 5.79. The van der Waals surface area contributed by atoms with Crippen LogP contribution in [0.15, 0.2) is 18.5 Å². The highest BCUT2D eigenvalue weighted by Crippen LogP contribution is 2.46. The predicted octanol–water partition coefficient (Wildman–Crippen LogP) is 2.82. The molecule has 76 valence electrons. The Morgan fingerprint density at radius 3 is 2.86 bits per heavy atom. The van der Waals surface area contributed by atoms with Crippen LogP contribution < -0.4 is 4.74 Å². The molecular weight excluding hydrogens is 218 g/mol. The van der Waals surface area contributed by atoms with Crippen LogP contribution in [0.5, 0.6) is 5.75 Å². The van der Waals surface area contributed by atoms with Crippen LogP contribution in [-0.2, 0) is 0 Å². The number of aromatic nitrogens is 1. The van der Waals surface area contributed by atoms with Gasteiger partial charge in [-0.25, -0.2) is 0 Å². The van der Waals surface area contributed by atoms with Gasteiger partial charge in [-0.1, -0.05) is 11.6 Å². The monoisotopic (exact) mass is 229 g/mol. The van der Waals surface area contributed by atoms with E-state index in [2.05, 4.69) is 17.6 Å². The van der Waals surface area contributed by atoms with Crippen LogP contribution in [0.2, 0.25) is 5.02 Å². The van der Waals surface area contributed by atoms with Gasteiger partial charge >= 0.3 is 0 Å². The van der Waals surface area contributed by atoms with Crippen LogP contribution in [0.3, 0.4) is 0 Å². The van der Waals surface area contributed by atoms with Crippen LogP contribution in [-0.4, -0.2) is 17.3 Å². The second-order valence-corrected chi connectivity index (χ2v) is 4.54. The molecule has 0 N–H and O–H groups in total. The fourth-order valence-electron chi connectivity index (χ4n) is 1.23. The maximum absolute atomic E-state index is 5.79. The fourth-order valence-corrected chi connectivity index (χ4v) is 1.80. The zero-order valence-corrected chi connectivity index (χ0v) is 9.39. The Labute approximate surface area is 94.0 Å². The lowest BCUT2D eigenvalue weighted by atomic mass is 10.2. The van der Waals surface area contributed by atoms with Crippen molar-refractivity contribution in [3.63, 3.8) is 0 Å². The van der Waals surface area contributed by atoms with Crippen molar-refractivity contribution in [3.8, 4) is 5.75 Å². The Kier molecular flexibility index (Phi) is 2.88. The molecule has 1 saturated carbocycles. The van der Waals surface area contributed by atoms with E-state index < -0.39 is 0 Å². The van der Waals surface area contributed by atoms with Crippen molar-refractivity contribution < 1.29 is 4.74 Å². The van der Waals surface area contributed by atoms with Gasteiger partial charge in [-0.2, -0.15) is 12.6 Å². The van der Waals surface area contributed by atoms with Crippen molar-refractivity contribution in [3.05, 3.63) is 23.5 Å². The minimum absolute atomic E-state index is 0.311. The molecule has 4 heteroatoms. The van der Waals surface area contributed by atoms with E-state index in [1.807, 2.05) is 0 Å². The molecule has 2 nitrogen and oxygen atoms in total. The van der Waals surface area contributed by atoms with Gasteiger partial charge in [0.2, 0.25) is 0 Å². The fraction of sp³-hybridized carbons (Fsp3) is 0.500. The average Bonchev–Trinajstić information content (AvgIpc) is 2.96. The Morgan fingerprint density at radius 2 is 2.29 bits per heavy atom. The van der Waals surface area contributed by atoms with E-state index >= 15 is 0 Å². The number of pyridine rings is 1. The lowest BCUT2D eigenvalue weighted by Gasteiger charge is -2.13. The molecule has 2 rings (SSSR count). The third-order valence-corrected chi connectivity index (χ3v) is 3.39. The Hall–Kier alpha value is -0.410. The summed E-state index contributed by atoms with van der Waals surface area (Å²) in [6, 6.07) is 1.78. The highest BCUT2D eigenvalue weighted by atomic mass is 35.5. The number of rotatable bonds is 4. The molecule has 1 aromatic heterocycles. The summed E-state index contributed by atoms with van der Waals surface area (Å²) < 4.78 is 5.61. The first-order chi connectivity index (χ1) is 6.74. The van der Waals surface area contributed by atoms with E-state index in [-0.39, 0.29) is 0 Å². The van der Waals surface area contributed by atoms with E-state index in [0.29, 0.717) is 10.4 Å². The van der Waals surface area contributed by atoms with Crippen molar-refractivity contribution in [2.75, 3.05) is 12.4 Å². The molecule has 1 aliphatic rings. The Balaban J connectivity index is 1.92. The second kappa shape index (κ2) is 3.99. The van der Waals surface area contributed by atoms with Crippen LogP contribution in [0.1, 0.15) is 12.8 Å². The highest BCUT2D eigenvalue weighted by Gasteiger charge is 2.42. The van der Waals surface area contributed by atoms with Gasteiger partial charge < -0.3 is 4.74 Å². The Morgan fingerprint density at radius 1 is 1.50 bits per heavy atom. The van der Waals surface area contributed by atoms with E-state index in [0.717, 1.165) is 18.1 Å². The molecule has 0 amide bonds. The van der Waals surface area contributed by atoms with Gasteiger partial charge in [0.25, 0.3) is 0 Å². The standard InChI is InChI=1S/C10H12ClNOS/c11-8-3-9(5-12-4-8)13-6-10(7-14)1-2-10/h3-5,14H,1-2,6-7H2. The molecule has 1 fully saturated rings. The van der Waals surface area contributed by atoms with Crippen molar-refractivity contribution in [2.24, 2.45) is 5.41 Å². The molecule has 0 radical (unpaired) electrons. The molecule has 1 aromatic rings. The summed E-state index contributed by atoms with van der Waals surface area (Å²) in [5.41, 5.74) is 0.311. The van der Waals surface area contributed by atoms with Crippen LogP contribution in [0, 0.1) is 5.41 Å². The Bertz CT molecular complexity index is 328. The van der Waals surface area contributed by atoms with Gasteiger partial charge in [0, 0.05) is 17.7 Å². The van der Waals surface area contributed by atoms with Crippen molar-refractivity contribution in [2.45, 2.75) is 12.8 Å². The van der Waals surface area contributed by atoms with E-state index in [9.17, 15) is 0 Å². The summed E-state index contributed by atoms with van der Waals surface area (Å²) in [6.07, 6.45) is 5.70. The van der Waals surface area contributed by atoms with Crippen molar-refractivity contribution >= 4 is 24.2 Å². The smallest absolute Gasteiger partial charge is 0.139 e. The first kappa shape index (κ1) is 10.1. The molecule has 0 spiro atoms. The summed E-state index contributed by atoms with van der Waals surface area (Å²) in [6.45, 7) is 0.721. The quantitative estimate of drug-likeness (QED) is 0.803. The zero-order chi connectivity index (χ0) is 10.0. The van der Waals surface area contributed by atoms with E-state index in [1.54, 1.807) is 18.5 Å². The number of nitrogens with zero attached hydrogens (tertiary/aromatic N) is 1. The summed E-state index contributed by atoms with van der Waals surface area (Å²) in [4.78, 5) is 3.96. The molecule has 0 bridgehead atoms. The third-order valence-electron chi connectivity index (χ3n) is 2.52. The van der Waals surface area contributed by atoms with Gasteiger partial charge in [-0.05, 0) is 18.6 Å². The van der Waals surface area contributed by atoms with Crippen LogP contribution >= 0.6 is 24.2 Å². The van der Waals surface area contributed by atoms with Gasteiger partial charge in [-0.3, -0.25) is 4.98 Å². The number of ether oxygens (including phenoxy) is 1. The van der Waals surface area contributed by atoms with E-state index in [1.165, 1.54) is 12.8 Å². The first-order valence-corrected chi connectivity index (χ1v) is 5.59. The molecule has 14 heavy (non-hydrogen) atoms. The molecule has 0 aliphatic heterocycles. The SMILES string of the molecule is SCC1(COc2cncc(Cl)c2)CC1. The molecule has 0 aromatic carbocycles. The predicted molar refractivity (Wildman–Crippen MR) is 60.3 cm³/mol. The van der Waals surface area contributed by atoms with E-state index in [4.69, 9.17) is 16.3 Å². The summed E-state index contributed by atoms with van der Waals surface area (Å²) in [5, 5.41) is 0.609. The summed E-state index contributed by atoms with van der Waals surface area (Å²) >= 11 is 10.1. The summed E-state index contributed by atoms with van der Waals surface area (Å²) in [5.74, 6) is 1.63. The molecular formula is C10H12ClNOS. The minimum atomic E-state index is 0.311. The first-order valence-electron chi connectivity index (χ1n) is 4.58. The van der Waals surface area contributed by atoms with Crippen LogP contribution in [0.4, 0.5) is 0 Å². The molecule has 0 saturated heterocycles. The van der Waals surface area contributed by atoms with Gasteiger partial charge in [0.1, 0.15) is 5.75 Å². The molecule has 1 aliphatic carbocycles. The normalized spacial score (nSPS) is 17.9. The number of hydrogen-bond donors (Lipinski definition) is 1. The number of halogens is 1. The van der Waals surface area contributed by atoms with Crippen molar-refractivity contribution in [1.29, 1.82) is 0 Å². The second-order valence-electron chi connectivity index (χ2n) is 3.79. The maximum Gasteiger partial charge on any atom is 0.139 e. The largest absolute Gasteiger partial charge is 0.491 e. The van der Waals surface area contributed by atoms with Crippen LogP contribution in [0.25, 0.3) is 0 Å². The van der Waals surface area contributed by atoms with Gasteiger partial charge in [-0.15, -0.1) is 0 Å². The molecule has 1 heterocycles. The number of thiol groups is 1. The molecule has 0 unspecified atom stereocenters. The van der Waals surface area contributed by atoms with Gasteiger partial charge in [0.15, 0.2) is 0 Å². The zero-order valence-electron chi connectivity index (χ0n) is 7.74. The summed E-state index contributed by atoms with van der Waals surface area (Å²) in [7, 11) is 0. The third kappa shape index (κ3) is 2.34. The molecule has 0 atom stereocenters. The van der Waals surface area contributed by atoms with Crippen molar-refractivity contribution in [1.82, 2.24) is 4.98 Å².